The third-order valence-corrected chi connectivity index (χ3v) is 3.12. The van der Waals surface area contributed by atoms with Crippen molar-refractivity contribution in [1.82, 2.24) is 10.2 Å². The largest absolute Gasteiger partial charge is 0.497 e. The number of hydrogen-bond acceptors (Lipinski definition) is 4. The molecule has 0 atom stereocenters. The number of imide groups is 1. The number of nitrogens with one attached hydrogen (secondary N) is 2. The molecule has 2 N–H and O–H groups in total. The fourth-order valence-corrected chi connectivity index (χ4v) is 1.98. The molecule has 7 nitrogen and oxygen atoms in total. The van der Waals surface area contributed by atoms with Gasteiger partial charge in [-0.25, -0.2) is 4.79 Å². The summed E-state index contributed by atoms with van der Waals surface area (Å²) in [5.74, 6) is -0.192. The molecule has 1 aromatic rings. The van der Waals surface area contributed by atoms with Crippen LogP contribution < -0.4 is 15.4 Å². The van der Waals surface area contributed by atoms with Crippen molar-refractivity contribution in [2.24, 2.45) is 0 Å². The number of amides is 4. The lowest BCUT2D eigenvalue weighted by Gasteiger charge is -2.15. The summed E-state index contributed by atoms with van der Waals surface area (Å²) in [6.45, 7) is 2.86. The first-order valence-corrected chi connectivity index (χ1v) is 6.41. The number of carbonyl (C=O) groups excluding carboxylic acids is 3. The summed E-state index contributed by atoms with van der Waals surface area (Å²) in [6.07, 6.45) is 0. The minimum Gasteiger partial charge on any atom is -0.497 e. The Labute approximate surface area is 122 Å². The average Bonchev–Trinajstić information content (AvgIpc) is 2.62. The molecule has 1 saturated heterocycles. The Morgan fingerprint density at radius 3 is 2.38 bits per heavy atom. The second-order valence-electron chi connectivity index (χ2n) is 5.22. The third kappa shape index (κ3) is 3.13. The molecule has 1 heterocycles. The lowest BCUT2D eigenvalue weighted by Crippen LogP contribution is -2.41. The van der Waals surface area contributed by atoms with Crippen LogP contribution in [0.4, 0.5) is 10.5 Å². The Morgan fingerprint density at radius 2 is 1.90 bits per heavy atom. The molecule has 112 valence electrons. The van der Waals surface area contributed by atoms with Gasteiger partial charge in [0, 0.05) is 5.69 Å². The highest BCUT2D eigenvalue weighted by atomic mass is 16.5. The Hall–Kier alpha value is -2.57. The van der Waals surface area contributed by atoms with Crippen LogP contribution in [0, 0.1) is 0 Å². The molecule has 1 aliphatic heterocycles. The summed E-state index contributed by atoms with van der Waals surface area (Å²) in [5, 5.41) is 5.14. The van der Waals surface area contributed by atoms with Crippen molar-refractivity contribution in [2.45, 2.75) is 19.4 Å². The Kier molecular flexibility index (Phi) is 3.84. The minimum atomic E-state index is -0.975. The molecule has 1 fully saturated rings. The van der Waals surface area contributed by atoms with Crippen molar-refractivity contribution < 1.29 is 19.1 Å². The molecule has 0 unspecified atom stereocenters. The van der Waals surface area contributed by atoms with Gasteiger partial charge in [0.2, 0.25) is 5.91 Å². The van der Waals surface area contributed by atoms with E-state index in [0.29, 0.717) is 11.4 Å². The Balaban J connectivity index is 1.98. The summed E-state index contributed by atoms with van der Waals surface area (Å²) in [4.78, 5) is 36.4. The van der Waals surface area contributed by atoms with Gasteiger partial charge in [-0.3, -0.25) is 14.5 Å². The van der Waals surface area contributed by atoms with Gasteiger partial charge in [0.1, 0.15) is 17.8 Å². The highest BCUT2D eigenvalue weighted by molar-refractivity contribution is 6.09. The van der Waals surface area contributed by atoms with Crippen LogP contribution in [0.3, 0.4) is 0 Å². The number of ether oxygens (including phenoxy) is 1. The molecule has 4 amide bonds. The van der Waals surface area contributed by atoms with Crippen LogP contribution in [0.25, 0.3) is 0 Å². The van der Waals surface area contributed by atoms with Crippen LogP contribution >= 0.6 is 0 Å². The van der Waals surface area contributed by atoms with E-state index in [1.165, 1.54) is 0 Å². The van der Waals surface area contributed by atoms with Gasteiger partial charge in [0.15, 0.2) is 0 Å². The van der Waals surface area contributed by atoms with Gasteiger partial charge in [0.05, 0.1) is 7.11 Å². The molecule has 0 bridgehead atoms. The van der Waals surface area contributed by atoms with Crippen LogP contribution in [0.2, 0.25) is 0 Å². The van der Waals surface area contributed by atoms with E-state index in [1.807, 2.05) is 0 Å². The minimum absolute atomic E-state index is 0.319. The van der Waals surface area contributed by atoms with E-state index in [-0.39, 0.29) is 6.54 Å². The standard InChI is InChI=1S/C14H17N3O4/c1-14(2)12(19)17(13(20)16-14)8-11(18)15-9-4-6-10(21-3)7-5-9/h4-7H,8H2,1-3H3,(H,15,18)(H,16,20). The maximum atomic E-state index is 12.0. The predicted octanol–water partition coefficient (Wildman–Crippen LogP) is 0.964. The Morgan fingerprint density at radius 1 is 1.29 bits per heavy atom. The van der Waals surface area contributed by atoms with Gasteiger partial charge < -0.3 is 15.4 Å². The van der Waals surface area contributed by atoms with E-state index < -0.39 is 23.4 Å². The lowest BCUT2D eigenvalue weighted by molar-refractivity contribution is -0.132. The number of urea groups is 1. The molecule has 0 aromatic heterocycles. The van der Waals surface area contributed by atoms with Gasteiger partial charge in [-0.15, -0.1) is 0 Å². The number of benzene rings is 1. The number of methoxy groups -OCH3 is 1. The van der Waals surface area contributed by atoms with Gasteiger partial charge in [-0.05, 0) is 38.1 Å². The van der Waals surface area contributed by atoms with E-state index in [2.05, 4.69) is 10.6 Å². The highest BCUT2D eigenvalue weighted by Crippen LogP contribution is 2.17. The van der Waals surface area contributed by atoms with E-state index in [9.17, 15) is 14.4 Å². The van der Waals surface area contributed by atoms with E-state index in [1.54, 1.807) is 45.2 Å². The van der Waals surface area contributed by atoms with Crippen molar-refractivity contribution in [3.63, 3.8) is 0 Å². The second-order valence-corrected chi connectivity index (χ2v) is 5.22. The first kappa shape index (κ1) is 14.8. The zero-order valence-corrected chi connectivity index (χ0v) is 12.1. The molecule has 1 aliphatic rings. The van der Waals surface area contributed by atoms with Crippen molar-refractivity contribution >= 4 is 23.5 Å². The summed E-state index contributed by atoms with van der Waals surface area (Å²) in [7, 11) is 1.55. The third-order valence-electron chi connectivity index (χ3n) is 3.12. The number of anilines is 1. The monoisotopic (exact) mass is 291 g/mol. The Bertz CT molecular complexity index is 580. The zero-order chi connectivity index (χ0) is 15.6. The number of nitrogens with zero attached hydrogens (tertiary/aromatic N) is 1. The maximum absolute atomic E-state index is 12.0. The summed E-state index contributed by atoms with van der Waals surface area (Å²) in [5.41, 5.74) is -0.413. The molecule has 0 radical (unpaired) electrons. The van der Waals surface area contributed by atoms with E-state index in [4.69, 9.17) is 4.74 Å². The molecule has 0 saturated carbocycles. The van der Waals surface area contributed by atoms with Crippen LogP contribution in [0.5, 0.6) is 5.75 Å². The summed E-state index contributed by atoms with van der Waals surface area (Å²) >= 11 is 0. The molecule has 0 spiro atoms. The number of carbonyl (C=O) groups is 3. The smallest absolute Gasteiger partial charge is 0.325 e. The second kappa shape index (κ2) is 5.43. The predicted molar refractivity (Wildman–Crippen MR) is 75.9 cm³/mol. The molecular weight excluding hydrogens is 274 g/mol. The molecule has 1 aromatic carbocycles. The normalized spacial score (nSPS) is 16.6. The van der Waals surface area contributed by atoms with E-state index >= 15 is 0 Å². The number of hydrogen-bond donors (Lipinski definition) is 2. The molecule has 2 rings (SSSR count). The molecular formula is C14H17N3O4. The fourth-order valence-electron chi connectivity index (χ4n) is 1.98. The first-order valence-electron chi connectivity index (χ1n) is 6.41. The molecule has 0 aliphatic carbocycles. The van der Waals surface area contributed by atoms with Crippen molar-refractivity contribution in [1.29, 1.82) is 0 Å². The van der Waals surface area contributed by atoms with Crippen LogP contribution in [0.1, 0.15) is 13.8 Å². The molecule has 7 heteroatoms. The number of rotatable bonds is 4. The topological polar surface area (TPSA) is 87.7 Å². The van der Waals surface area contributed by atoms with Gasteiger partial charge in [-0.1, -0.05) is 0 Å². The summed E-state index contributed by atoms with van der Waals surface area (Å²) in [6, 6.07) is 6.19. The van der Waals surface area contributed by atoms with Crippen LogP contribution in [0.15, 0.2) is 24.3 Å². The van der Waals surface area contributed by atoms with Gasteiger partial charge in [0.25, 0.3) is 5.91 Å². The van der Waals surface area contributed by atoms with E-state index in [0.717, 1.165) is 4.90 Å². The first-order chi connectivity index (χ1) is 9.83. The maximum Gasteiger partial charge on any atom is 0.325 e. The molecule has 21 heavy (non-hydrogen) atoms. The zero-order valence-electron chi connectivity index (χ0n) is 12.1. The van der Waals surface area contributed by atoms with Crippen molar-refractivity contribution in [3.05, 3.63) is 24.3 Å². The highest BCUT2D eigenvalue weighted by Gasteiger charge is 2.44. The van der Waals surface area contributed by atoms with Crippen LogP contribution in [-0.2, 0) is 9.59 Å². The quantitative estimate of drug-likeness (QED) is 0.809. The average molecular weight is 291 g/mol. The fraction of sp³-hybridized carbons (Fsp3) is 0.357. The SMILES string of the molecule is COc1ccc(NC(=O)CN2C(=O)NC(C)(C)C2=O)cc1. The van der Waals surface area contributed by atoms with Gasteiger partial charge in [-0.2, -0.15) is 0 Å². The lowest BCUT2D eigenvalue weighted by atomic mass is 10.1. The van der Waals surface area contributed by atoms with Crippen molar-refractivity contribution in [2.75, 3.05) is 19.0 Å². The van der Waals surface area contributed by atoms with Crippen molar-refractivity contribution in [3.8, 4) is 5.75 Å². The van der Waals surface area contributed by atoms with Gasteiger partial charge >= 0.3 is 6.03 Å². The summed E-state index contributed by atoms with van der Waals surface area (Å²) < 4.78 is 5.01. The van der Waals surface area contributed by atoms with Crippen LogP contribution in [-0.4, -0.2) is 41.9 Å².